The first-order chi connectivity index (χ1) is 10.6. The Bertz CT molecular complexity index is 663. The van der Waals surface area contributed by atoms with E-state index in [1.54, 1.807) is 0 Å². The summed E-state index contributed by atoms with van der Waals surface area (Å²) in [5.74, 6) is -0.625. The lowest BCUT2D eigenvalue weighted by molar-refractivity contribution is -0.125. The van der Waals surface area contributed by atoms with Crippen LogP contribution in [0, 0.1) is 6.92 Å². The van der Waals surface area contributed by atoms with Gasteiger partial charge in [-0.1, -0.05) is 48.5 Å². The molecule has 2 aromatic rings. The average molecular weight is 296 g/mol. The minimum Gasteiger partial charge on any atom is -0.370 e. The first-order valence-electron chi connectivity index (χ1n) is 7.26. The Labute approximate surface area is 130 Å². The molecule has 0 aromatic heterocycles. The molecule has 114 valence electrons. The first kappa shape index (κ1) is 15.8. The number of aryl methyl sites for hydroxylation is 1. The van der Waals surface area contributed by atoms with Gasteiger partial charge in [-0.25, -0.2) is 0 Å². The van der Waals surface area contributed by atoms with E-state index >= 15 is 0 Å². The van der Waals surface area contributed by atoms with Gasteiger partial charge in [0.1, 0.15) is 0 Å². The molecule has 0 atom stereocenters. The third kappa shape index (κ3) is 4.45. The molecule has 4 nitrogen and oxygen atoms in total. The fourth-order valence-electron chi connectivity index (χ4n) is 2.22. The van der Waals surface area contributed by atoms with Crippen LogP contribution in [0.25, 0.3) is 11.1 Å². The van der Waals surface area contributed by atoms with Gasteiger partial charge in [-0.05, 0) is 29.2 Å². The Kier molecular flexibility index (Phi) is 5.31. The summed E-state index contributed by atoms with van der Waals surface area (Å²) < 4.78 is 0. The van der Waals surface area contributed by atoms with Crippen LogP contribution in [0.4, 0.5) is 0 Å². The highest BCUT2D eigenvalue weighted by Gasteiger charge is 2.05. The molecule has 0 aliphatic rings. The second kappa shape index (κ2) is 7.41. The van der Waals surface area contributed by atoms with Crippen LogP contribution in [0.5, 0.6) is 0 Å². The first-order valence-corrected chi connectivity index (χ1v) is 7.26. The van der Waals surface area contributed by atoms with E-state index in [0.29, 0.717) is 6.54 Å². The lowest BCUT2D eigenvalue weighted by Gasteiger charge is -2.08. The minimum absolute atomic E-state index is 0.0814. The summed E-state index contributed by atoms with van der Waals surface area (Å²) >= 11 is 0. The van der Waals surface area contributed by atoms with Crippen LogP contribution in [0.1, 0.15) is 24.0 Å². The van der Waals surface area contributed by atoms with E-state index in [-0.39, 0.29) is 18.7 Å². The third-order valence-corrected chi connectivity index (χ3v) is 3.50. The number of nitrogens with one attached hydrogen (secondary N) is 1. The van der Waals surface area contributed by atoms with E-state index < -0.39 is 5.91 Å². The topological polar surface area (TPSA) is 72.2 Å². The van der Waals surface area contributed by atoms with Crippen molar-refractivity contribution >= 4 is 11.8 Å². The summed E-state index contributed by atoms with van der Waals surface area (Å²) in [4.78, 5) is 22.2. The Hall–Kier alpha value is -2.62. The molecule has 0 saturated heterocycles. The van der Waals surface area contributed by atoms with Gasteiger partial charge in [0, 0.05) is 19.4 Å². The zero-order valence-corrected chi connectivity index (χ0v) is 12.6. The summed E-state index contributed by atoms with van der Waals surface area (Å²) in [6.07, 6.45) is 0.217. The van der Waals surface area contributed by atoms with Crippen molar-refractivity contribution in [3.05, 3.63) is 59.7 Å². The Balaban J connectivity index is 1.94. The van der Waals surface area contributed by atoms with E-state index in [1.807, 2.05) is 36.4 Å². The number of amides is 2. The van der Waals surface area contributed by atoms with Crippen molar-refractivity contribution < 1.29 is 9.59 Å². The molecule has 2 amide bonds. The highest BCUT2D eigenvalue weighted by molar-refractivity contribution is 5.82. The zero-order valence-electron chi connectivity index (χ0n) is 12.6. The molecule has 22 heavy (non-hydrogen) atoms. The van der Waals surface area contributed by atoms with Crippen LogP contribution >= 0.6 is 0 Å². The van der Waals surface area contributed by atoms with Crippen molar-refractivity contribution in [2.45, 2.75) is 26.3 Å². The van der Waals surface area contributed by atoms with E-state index in [2.05, 4.69) is 24.4 Å². The molecule has 0 aliphatic carbocycles. The highest BCUT2D eigenvalue weighted by atomic mass is 16.2. The molecular weight excluding hydrogens is 276 g/mol. The summed E-state index contributed by atoms with van der Waals surface area (Å²) in [5, 5.41) is 2.78. The van der Waals surface area contributed by atoms with Gasteiger partial charge in [-0.2, -0.15) is 0 Å². The fourth-order valence-corrected chi connectivity index (χ4v) is 2.22. The van der Waals surface area contributed by atoms with Gasteiger partial charge in [-0.3, -0.25) is 9.59 Å². The summed E-state index contributed by atoms with van der Waals surface area (Å²) in [7, 11) is 0. The van der Waals surface area contributed by atoms with Crippen LogP contribution in [0.3, 0.4) is 0 Å². The zero-order chi connectivity index (χ0) is 15.9. The van der Waals surface area contributed by atoms with Gasteiger partial charge in [0.2, 0.25) is 11.8 Å². The third-order valence-electron chi connectivity index (χ3n) is 3.50. The number of primary amides is 1. The molecule has 0 fully saturated rings. The van der Waals surface area contributed by atoms with Crippen molar-refractivity contribution in [2.24, 2.45) is 5.73 Å². The molecule has 2 aromatic carbocycles. The molecule has 2 rings (SSSR count). The van der Waals surface area contributed by atoms with E-state index in [4.69, 9.17) is 5.73 Å². The number of hydrogen-bond acceptors (Lipinski definition) is 2. The van der Waals surface area contributed by atoms with E-state index in [9.17, 15) is 9.59 Å². The minimum atomic E-state index is -0.460. The highest BCUT2D eigenvalue weighted by Crippen LogP contribution is 2.23. The molecule has 3 N–H and O–H groups in total. The average Bonchev–Trinajstić information content (AvgIpc) is 2.52. The lowest BCUT2D eigenvalue weighted by Crippen LogP contribution is -2.24. The summed E-state index contributed by atoms with van der Waals surface area (Å²) in [6, 6.07) is 16.3. The Morgan fingerprint density at radius 1 is 1.00 bits per heavy atom. The van der Waals surface area contributed by atoms with Crippen molar-refractivity contribution in [2.75, 3.05) is 0 Å². The molecule has 0 unspecified atom stereocenters. The fraction of sp³-hybridized carbons (Fsp3) is 0.222. The van der Waals surface area contributed by atoms with Crippen LogP contribution in [-0.2, 0) is 16.1 Å². The normalized spacial score (nSPS) is 10.2. The van der Waals surface area contributed by atoms with E-state index in [0.717, 1.165) is 11.1 Å². The van der Waals surface area contributed by atoms with Crippen molar-refractivity contribution in [3.8, 4) is 11.1 Å². The van der Waals surface area contributed by atoms with Crippen LogP contribution in [-0.4, -0.2) is 11.8 Å². The van der Waals surface area contributed by atoms with E-state index in [1.165, 1.54) is 11.1 Å². The summed E-state index contributed by atoms with van der Waals surface area (Å²) in [5.41, 5.74) is 9.63. The number of carbonyl (C=O) groups is 2. The molecular formula is C18H20N2O2. The van der Waals surface area contributed by atoms with Crippen molar-refractivity contribution in [1.82, 2.24) is 5.32 Å². The molecule has 0 spiro atoms. The van der Waals surface area contributed by atoms with Crippen LogP contribution < -0.4 is 11.1 Å². The van der Waals surface area contributed by atoms with Gasteiger partial charge >= 0.3 is 0 Å². The Morgan fingerprint density at radius 3 is 2.32 bits per heavy atom. The lowest BCUT2D eigenvalue weighted by atomic mass is 10.00. The monoisotopic (exact) mass is 296 g/mol. The maximum Gasteiger partial charge on any atom is 0.220 e. The molecule has 0 aliphatic heterocycles. The van der Waals surface area contributed by atoms with Crippen molar-refractivity contribution in [1.29, 1.82) is 0 Å². The number of hydrogen-bond donors (Lipinski definition) is 2. The number of nitrogens with two attached hydrogens (primary N) is 1. The van der Waals surface area contributed by atoms with Gasteiger partial charge < -0.3 is 11.1 Å². The van der Waals surface area contributed by atoms with Gasteiger partial charge in [0.15, 0.2) is 0 Å². The molecule has 4 heteroatoms. The second-order valence-electron chi connectivity index (χ2n) is 5.25. The maximum absolute atomic E-state index is 11.5. The molecule has 0 heterocycles. The molecule has 0 saturated carbocycles. The standard InChI is InChI=1S/C18H20N2O2/c1-13-4-2-3-5-16(13)15-8-6-14(7-9-15)12-20-18(22)11-10-17(19)21/h2-9H,10-12H2,1H3,(H2,19,21)(H,20,22). The number of carbonyl (C=O) groups excluding carboxylic acids is 2. The Morgan fingerprint density at radius 2 is 1.68 bits per heavy atom. The second-order valence-corrected chi connectivity index (χ2v) is 5.25. The largest absolute Gasteiger partial charge is 0.370 e. The van der Waals surface area contributed by atoms with Gasteiger partial charge in [0.25, 0.3) is 0 Å². The number of rotatable bonds is 6. The number of benzene rings is 2. The molecule has 0 bridgehead atoms. The molecule has 0 radical (unpaired) electrons. The van der Waals surface area contributed by atoms with Gasteiger partial charge in [0.05, 0.1) is 0 Å². The SMILES string of the molecule is Cc1ccccc1-c1ccc(CNC(=O)CCC(N)=O)cc1. The van der Waals surface area contributed by atoms with Crippen LogP contribution in [0.15, 0.2) is 48.5 Å². The van der Waals surface area contributed by atoms with Crippen LogP contribution in [0.2, 0.25) is 0 Å². The maximum atomic E-state index is 11.5. The smallest absolute Gasteiger partial charge is 0.220 e. The predicted octanol–water partition coefficient (Wildman–Crippen LogP) is 2.54. The predicted molar refractivity (Wildman–Crippen MR) is 86.9 cm³/mol. The van der Waals surface area contributed by atoms with Gasteiger partial charge in [-0.15, -0.1) is 0 Å². The van der Waals surface area contributed by atoms with Crippen molar-refractivity contribution in [3.63, 3.8) is 0 Å². The quantitative estimate of drug-likeness (QED) is 0.860. The summed E-state index contributed by atoms with van der Waals surface area (Å²) in [6.45, 7) is 2.54.